The van der Waals surface area contributed by atoms with E-state index in [2.05, 4.69) is 58.9 Å². The van der Waals surface area contributed by atoms with Crippen LogP contribution in [0, 0.1) is 0 Å². The second kappa shape index (κ2) is 8.31. The third-order valence-electron chi connectivity index (χ3n) is 4.07. The number of aliphatic hydroxyl groups is 1. The van der Waals surface area contributed by atoms with E-state index in [1.54, 1.807) is 4.68 Å². The molecule has 24 heavy (non-hydrogen) atoms. The van der Waals surface area contributed by atoms with Crippen molar-refractivity contribution < 1.29 is 5.11 Å². The van der Waals surface area contributed by atoms with E-state index in [1.807, 2.05) is 24.5 Å². The third kappa shape index (κ3) is 4.46. The van der Waals surface area contributed by atoms with Crippen LogP contribution in [0.5, 0.6) is 0 Å². The number of nitrogens with one attached hydrogen (secondary N) is 1. The van der Waals surface area contributed by atoms with Crippen LogP contribution in [0.2, 0.25) is 0 Å². The van der Waals surface area contributed by atoms with E-state index in [-0.39, 0.29) is 12.6 Å². The first kappa shape index (κ1) is 16.3. The van der Waals surface area contributed by atoms with E-state index in [9.17, 15) is 0 Å². The Morgan fingerprint density at radius 2 is 1.71 bits per heavy atom. The molecule has 124 valence electrons. The first-order valence-electron chi connectivity index (χ1n) is 8.34. The van der Waals surface area contributed by atoms with Gasteiger partial charge >= 0.3 is 0 Å². The molecule has 1 aromatic heterocycles. The van der Waals surface area contributed by atoms with Crippen LogP contribution in [0.15, 0.2) is 73.1 Å². The number of hydrogen-bond acceptors (Lipinski definition) is 3. The Bertz CT molecular complexity index is 725. The van der Waals surface area contributed by atoms with Crippen molar-refractivity contribution in [3.05, 3.63) is 84.2 Å². The number of benzene rings is 2. The predicted molar refractivity (Wildman–Crippen MR) is 96.9 cm³/mol. The SMILES string of the molecule is OCCn1cc(NC(CCc2ccccc2)c2ccccc2)cn1. The molecule has 3 rings (SSSR count). The number of aliphatic hydroxyl groups excluding tert-OH is 1. The summed E-state index contributed by atoms with van der Waals surface area (Å²) in [5, 5.41) is 16.9. The molecule has 0 aliphatic heterocycles. The molecule has 4 heteroatoms. The summed E-state index contributed by atoms with van der Waals surface area (Å²) in [6.45, 7) is 0.610. The van der Waals surface area contributed by atoms with Crippen molar-refractivity contribution in [3.63, 3.8) is 0 Å². The zero-order chi connectivity index (χ0) is 16.6. The van der Waals surface area contributed by atoms with Crippen molar-refractivity contribution in [3.8, 4) is 0 Å². The highest BCUT2D eigenvalue weighted by Crippen LogP contribution is 2.24. The van der Waals surface area contributed by atoms with Gasteiger partial charge < -0.3 is 10.4 Å². The lowest BCUT2D eigenvalue weighted by Crippen LogP contribution is -2.11. The molecule has 3 aromatic rings. The van der Waals surface area contributed by atoms with Gasteiger partial charge in [0.25, 0.3) is 0 Å². The summed E-state index contributed by atoms with van der Waals surface area (Å²) in [5.74, 6) is 0. The van der Waals surface area contributed by atoms with Crippen molar-refractivity contribution in [2.45, 2.75) is 25.4 Å². The molecule has 0 spiro atoms. The predicted octanol–water partition coefficient (Wildman–Crippen LogP) is 3.66. The van der Waals surface area contributed by atoms with Crippen LogP contribution in [0.25, 0.3) is 0 Å². The first-order valence-corrected chi connectivity index (χ1v) is 8.34. The van der Waals surface area contributed by atoms with E-state index in [4.69, 9.17) is 5.11 Å². The molecule has 0 fully saturated rings. The van der Waals surface area contributed by atoms with Crippen LogP contribution >= 0.6 is 0 Å². The van der Waals surface area contributed by atoms with Crippen LogP contribution in [0.1, 0.15) is 23.6 Å². The molecule has 1 heterocycles. The fraction of sp³-hybridized carbons (Fsp3) is 0.250. The van der Waals surface area contributed by atoms with Gasteiger partial charge in [-0.05, 0) is 24.0 Å². The summed E-state index contributed by atoms with van der Waals surface area (Å²) in [6, 6.07) is 21.3. The number of aryl methyl sites for hydroxylation is 1. The van der Waals surface area contributed by atoms with Crippen molar-refractivity contribution in [1.82, 2.24) is 9.78 Å². The average molecular weight is 321 g/mol. The van der Waals surface area contributed by atoms with Gasteiger partial charge in [0, 0.05) is 6.20 Å². The second-order valence-electron chi connectivity index (χ2n) is 5.85. The highest BCUT2D eigenvalue weighted by atomic mass is 16.3. The van der Waals surface area contributed by atoms with Gasteiger partial charge in [-0.3, -0.25) is 4.68 Å². The quantitative estimate of drug-likeness (QED) is 0.666. The minimum absolute atomic E-state index is 0.0945. The zero-order valence-corrected chi connectivity index (χ0v) is 13.7. The molecule has 0 bridgehead atoms. The number of nitrogens with zero attached hydrogens (tertiary/aromatic N) is 2. The minimum atomic E-state index is 0.0945. The van der Waals surface area contributed by atoms with E-state index < -0.39 is 0 Å². The normalized spacial score (nSPS) is 12.0. The summed E-state index contributed by atoms with van der Waals surface area (Å²) in [5.41, 5.74) is 3.59. The summed E-state index contributed by atoms with van der Waals surface area (Å²) >= 11 is 0. The Balaban J connectivity index is 1.72. The van der Waals surface area contributed by atoms with Gasteiger partial charge in [-0.25, -0.2) is 0 Å². The molecular formula is C20H23N3O. The maximum atomic E-state index is 9.02. The molecule has 0 aliphatic carbocycles. The number of rotatable bonds is 8. The Kier molecular flexibility index (Phi) is 5.64. The number of anilines is 1. The van der Waals surface area contributed by atoms with Crippen molar-refractivity contribution in [2.24, 2.45) is 0 Å². The van der Waals surface area contributed by atoms with E-state index in [1.165, 1.54) is 11.1 Å². The zero-order valence-electron chi connectivity index (χ0n) is 13.7. The molecule has 1 atom stereocenters. The van der Waals surface area contributed by atoms with Gasteiger partial charge in [-0.15, -0.1) is 0 Å². The summed E-state index contributed by atoms with van der Waals surface area (Å²) in [6.07, 6.45) is 5.76. The van der Waals surface area contributed by atoms with Crippen molar-refractivity contribution >= 4 is 5.69 Å². The molecule has 1 unspecified atom stereocenters. The highest BCUT2D eigenvalue weighted by molar-refractivity contribution is 5.42. The number of hydrogen-bond donors (Lipinski definition) is 2. The second-order valence-corrected chi connectivity index (χ2v) is 5.85. The summed E-state index contributed by atoms with van der Waals surface area (Å²) in [7, 11) is 0. The van der Waals surface area contributed by atoms with Crippen LogP contribution in [-0.2, 0) is 13.0 Å². The lowest BCUT2D eigenvalue weighted by atomic mass is 9.99. The summed E-state index contributed by atoms with van der Waals surface area (Å²) in [4.78, 5) is 0. The Labute approximate surface area is 142 Å². The van der Waals surface area contributed by atoms with Gasteiger partial charge in [0.05, 0.1) is 31.1 Å². The Morgan fingerprint density at radius 3 is 2.42 bits per heavy atom. The monoisotopic (exact) mass is 321 g/mol. The Hall–Kier alpha value is -2.59. The molecule has 0 radical (unpaired) electrons. The van der Waals surface area contributed by atoms with Crippen molar-refractivity contribution in [2.75, 3.05) is 11.9 Å². The minimum Gasteiger partial charge on any atom is -0.394 e. The lowest BCUT2D eigenvalue weighted by Gasteiger charge is -2.19. The molecule has 2 aromatic carbocycles. The standard InChI is InChI=1S/C20H23N3O/c24-14-13-23-16-19(15-21-23)22-20(18-9-5-2-6-10-18)12-11-17-7-3-1-4-8-17/h1-10,15-16,20,22,24H,11-14H2. The van der Waals surface area contributed by atoms with Crippen LogP contribution in [-0.4, -0.2) is 21.5 Å². The van der Waals surface area contributed by atoms with Crippen LogP contribution in [0.3, 0.4) is 0 Å². The molecule has 0 saturated carbocycles. The van der Waals surface area contributed by atoms with Gasteiger partial charge in [-0.1, -0.05) is 60.7 Å². The molecule has 4 nitrogen and oxygen atoms in total. The topological polar surface area (TPSA) is 50.1 Å². The van der Waals surface area contributed by atoms with Gasteiger partial charge in [0.2, 0.25) is 0 Å². The smallest absolute Gasteiger partial charge is 0.0731 e. The lowest BCUT2D eigenvalue weighted by molar-refractivity contribution is 0.269. The van der Waals surface area contributed by atoms with Gasteiger partial charge in [0.15, 0.2) is 0 Å². The van der Waals surface area contributed by atoms with Gasteiger partial charge in [-0.2, -0.15) is 5.10 Å². The van der Waals surface area contributed by atoms with E-state index in [0.717, 1.165) is 18.5 Å². The summed E-state index contributed by atoms with van der Waals surface area (Å²) < 4.78 is 1.75. The number of aromatic nitrogens is 2. The maximum Gasteiger partial charge on any atom is 0.0731 e. The molecule has 0 saturated heterocycles. The van der Waals surface area contributed by atoms with E-state index in [0.29, 0.717) is 6.54 Å². The van der Waals surface area contributed by atoms with E-state index >= 15 is 0 Å². The first-order chi connectivity index (χ1) is 11.8. The van der Waals surface area contributed by atoms with Crippen molar-refractivity contribution in [1.29, 1.82) is 0 Å². The third-order valence-corrected chi connectivity index (χ3v) is 4.07. The molecular weight excluding hydrogens is 298 g/mol. The molecule has 0 amide bonds. The Morgan fingerprint density at radius 1 is 1.00 bits per heavy atom. The average Bonchev–Trinajstić information content (AvgIpc) is 3.08. The molecule has 2 N–H and O–H groups in total. The largest absolute Gasteiger partial charge is 0.394 e. The van der Waals surface area contributed by atoms with Crippen LogP contribution < -0.4 is 5.32 Å². The fourth-order valence-electron chi connectivity index (χ4n) is 2.83. The molecule has 0 aliphatic rings. The van der Waals surface area contributed by atoms with Crippen LogP contribution in [0.4, 0.5) is 5.69 Å². The fourth-order valence-corrected chi connectivity index (χ4v) is 2.83. The van der Waals surface area contributed by atoms with Gasteiger partial charge in [0.1, 0.15) is 0 Å². The maximum absolute atomic E-state index is 9.02. The highest BCUT2D eigenvalue weighted by Gasteiger charge is 2.12.